The molecule has 24 heavy (non-hydrogen) atoms. The minimum Gasteiger partial charge on any atom is -0.496 e. The highest BCUT2D eigenvalue weighted by atomic mass is 16.5. The predicted molar refractivity (Wildman–Crippen MR) is 94.1 cm³/mol. The van der Waals surface area contributed by atoms with E-state index in [-0.39, 0.29) is 17.2 Å². The molecule has 5 nitrogen and oxygen atoms in total. The molecule has 1 aliphatic heterocycles. The summed E-state index contributed by atoms with van der Waals surface area (Å²) >= 11 is 0. The molecule has 1 heterocycles. The zero-order valence-electron chi connectivity index (χ0n) is 15.4. The molecule has 1 aliphatic rings. The van der Waals surface area contributed by atoms with Gasteiger partial charge in [-0.3, -0.25) is 9.59 Å². The summed E-state index contributed by atoms with van der Waals surface area (Å²) in [6, 6.07) is 5.83. The standard InChI is InChI=1S/C19H28N2O3/c1-14-12-15(6-7-16(14)24-5)13-17(22)20-8-10-21(11-9-20)18(23)19(2,3)4/h6-7,12H,8-11,13H2,1-5H3. The van der Waals surface area contributed by atoms with E-state index in [0.29, 0.717) is 32.6 Å². The Morgan fingerprint density at radius 3 is 2.17 bits per heavy atom. The molecule has 2 rings (SSSR count). The number of amides is 2. The van der Waals surface area contributed by atoms with Gasteiger partial charge in [0.05, 0.1) is 13.5 Å². The van der Waals surface area contributed by atoms with E-state index in [1.54, 1.807) is 7.11 Å². The van der Waals surface area contributed by atoms with Crippen LogP contribution in [-0.4, -0.2) is 54.9 Å². The molecule has 0 spiro atoms. The lowest BCUT2D eigenvalue weighted by molar-refractivity contribution is -0.144. The van der Waals surface area contributed by atoms with E-state index in [4.69, 9.17) is 4.74 Å². The molecule has 1 aromatic rings. The summed E-state index contributed by atoms with van der Waals surface area (Å²) in [4.78, 5) is 28.5. The molecule has 0 aromatic heterocycles. The van der Waals surface area contributed by atoms with Crippen LogP contribution in [0.5, 0.6) is 5.75 Å². The second kappa shape index (κ2) is 7.24. The smallest absolute Gasteiger partial charge is 0.228 e. The minimum absolute atomic E-state index is 0.113. The molecule has 132 valence electrons. The maximum Gasteiger partial charge on any atom is 0.228 e. The van der Waals surface area contributed by atoms with Gasteiger partial charge in [-0.05, 0) is 24.1 Å². The van der Waals surface area contributed by atoms with Gasteiger partial charge in [-0.2, -0.15) is 0 Å². The van der Waals surface area contributed by atoms with E-state index in [0.717, 1.165) is 16.9 Å². The Balaban J connectivity index is 1.91. The average Bonchev–Trinajstić information content (AvgIpc) is 2.53. The SMILES string of the molecule is COc1ccc(CC(=O)N2CCN(C(=O)C(C)(C)C)CC2)cc1C. The Bertz CT molecular complexity index is 612. The van der Waals surface area contributed by atoms with Gasteiger partial charge in [-0.15, -0.1) is 0 Å². The van der Waals surface area contributed by atoms with E-state index >= 15 is 0 Å². The maximum atomic E-state index is 12.5. The van der Waals surface area contributed by atoms with Gasteiger partial charge in [-0.1, -0.05) is 32.9 Å². The fourth-order valence-corrected chi connectivity index (χ4v) is 2.97. The van der Waals surface area contributed by atoms with Crippen molar-refractivity contribution in [2.75, 3.05) is 33.3 Å². The predicted octanol–water partition coefficient (Wildman–Crippen LogP) is 2.26. The normalized spacial score (nSPS) is 15.4. The van der Waals surface area contributed by atoms with Crippen molar-refractivity contribution in [3.63, 3.8) is 0 Å². The van der Waals surface area contributed by atoms with Crippen molar-refractivity contribution in [2.24, 2.45) is 5.41 Å². The molecule has 0 unspecified atom stereocenters. The minimum atomic E-state index is -0.368. The fourth-order valence-electron chi connectivity index (χ4n) is 2.97. The molecule has 0 radical (unpaired) electrons. The molecule has 0 N–H and O–H groups in total. The summed E-state index contributed by atoms with van der Waals surface area (Å²) < 4.78 is 5.25. The Kier molecular flexibility index (Phi) is 5.52. The Morgan fingerprint density at radius 2 is 1.67 bits per heavy atom. The van der Waals surface area contributed by atoms with Crippen LogP contribution in [0.4, 0.5) is 0 Å². The molecule has 0 atom stereocenters. The summed E-state index contributed by atoms with van der Waals surface area (Å²) in [6.07, 6.45) is 0.387. The molecule has 1 aromatic carbocycles. The van der Waals surface area contributed by atoms with Gasteiger partial charge in [0, 0.05) is 31.6 Å². The number of carbonyl (C=O) groups excluding carboxylic acids is 2. The number of carbonyl (C=O) groups is 2. The monoisotopic (exact) mass is 332 g/mol. The number of aryl methyl sites for hydroxylation is 1. The summed E-state index contributed by atoms with van der Waals surface area (Å²) in [6.45, 7) is 10.2. The molecule has 1 fully saturated rings. The van der Waals surface area contributed by atoms with Gasteiger partial charge < -0.3 is 14.5 Å². The number of methoxy groups -OCH3 is 1. The zero-order valence-corrected chi connectivity index (χ0v) is 15.4. The second-order valence-electron chi connectivity index (χ2n) is 7.40. The Hall–Kier alpha value is -2.04. The molecule has 2 amide bonds. The van der Waals surface area contributed by atoms with Crippen molar-refractivity contribution in [3.8, 4) is 5.75 Å². The lowest BCUT2D eigenvalue weighted by Crippen LogP contribution is -2.53. The number of piperazine rings is 1. The van der Waals surface area contributed by atoms with E-state index in [2.05, 4.69) is 0 Å². The first-order valence-corrected chi connectivity index (χ1v) is 8.43. The number of ether oxygens (including phenoxy) is 1. The number of hydrogen-bond donors (Lipinski definition) is 0. The highest BCUT2D eigenvalue weighted by Gasteiger charge is 2.30. The number of rotatable bonds is 3. The van der Waals surface area contributed by atoms with Gasteiger partial charge in [0.15, 0.2) is 0 Å². The third-order valence-corrected chi connectivity index (χ3v) is 4.38. The van der Waals surface area contributed by atoms with Gasteiger partial charge in [0.2, 0.25) is 11.8 Å². The molecular weight excluding hydrogens is 304 g/mol. The van der Waals surface area contributed by atoms with Crippen molar-refractivity contribution in [1.29, 1.82) is 0 Å². The molecule has 1 saturated heterocycles. The summed E-state index contributed by atoms with van der Waals surface area (Å²) in [5.74, 6) is 1.10. The van der Waals surface area contributed by atoms with Crippen molar-refractivity contribution < 1.29 is 14.3 Å². The van der Waals surface area contributed by atoms with E-state index < -0.39 is 0 Å². The average molecular weight is 332 g/mol. The fraction of sp³-hybridized carbons (Fsp3) is 0.579. The van der Waals surface area contributed by atoms with Crippen LogP contribution in [-0.2, 0) is 16.0 Å². The number of benzene rings is 1. The zero-order chi connectivity index (χ0) is 17.9. The first-order valence-electron chi connectivity index (χ1n) is 8.43. The largest absolute Gasteiger partial charge is 0.496 e. The van der Waals surface area contributed by atoms with Crippen LogP contribution in [0.25, 0.3) is 0 Å². The van der Waals surface area contributed by atoms with E-state index in [9.17, 15) is 9.59 Å². The van der Waals surface area contributed by atoms with Crippen LogP contribution in [0.3, 0.4) is 0 Å². The van der Waals surface area contributed by atoms with Gasteiger partial charge >= 0.3 is 0 Å². The quantitative estimate of drug-likeness (QED) is 0.853. The molecular formula is C19H28N2O3. The molecule has 0 aliphatic carbocycles. The third-order valence-electron chi connectivity index (χ3n) is 4.38. The Morgan fingerprint density at radius 1 is 1.08 bits per heavy atom. The van der Waals surface area contributed by atoms with Crippen LogP contribution in [0.2, 0.25) is 0 Å². The van der Waals surface area contributed by atoms with Crippen LogP contribution in [0.1, 0.15) is 31.9 Å². The number of nitrogens with zero attached hydrogens (tertiary/aromatic N) is 2. The lowest BCUT2D eigenvalue weighted by atomic mass is 9.94. The molecule has 0 saturated carbocycles. The topological polar surface area (TPSA) is 49.9 Å². The molecule has 5 heteroatoms. The van der Waals surface area contributed by atoms with Crippen molar-refractivity contribution in [2.45, 2.75) is 34.1 Å². The summed E-state index contributed by atoms with van der Waals surface area (Å²) in [7, 11) is 1.64. The highest BCUT2D eigenvalue weighted by molar-refractivity contribution is 5.82. The summed E-state index contributed by atoms with van der Waals surface area (Å²) in [5, 5.41) is 0. The van der Waals surface area contributed by atoms with Gasteiger partial charge in [0.25, 0.3) is 0 Å². The van der Waals surface area contributed by atoms with Gasteiger partial charge in [0.1, 0.15) is 5.75 Å². The molecule has 0 bridgehead atoms. The van der Waals surface area contributed by atoms with Crippen molar-refractivity contribution >= 4 is 11.8 Å². The lowest BCUT2D eigenvalue weighted by Gasteiger charge is -2.37. The summed E-state index contributed by atoms with van der Waals surface area (Å²) in [5.41, 5.74) is 1.65. The first kappa shape index (κ1) is 18.3. The first-order chi connectivity index (χ1) is 11.2. The number of hydrogen-bond acceptors (Lipinski definition) is 3. The van der Waals surface area contributed by atoms with E-state index in [1.807, 2.05) is 55.7 Å². The third kappa shape index (κ3) is 4.28. The van der Waals surface area contributed by atoms with Gasteiger partial charge in [-0.25, -0.2) is 0 Å². The van der Waals surface area contributed by atoms with E-state index in [1.165, 1.54) is 0 Å². The van der Waals surface area contributed by atoms with Crippen LogP contribution < -0.4 is 4.74 Å². The Labute approximate surface area is 144 Å². The second-order valence-corrected chi connectivity index (χ2v) is 7.40. The maximum absolute atomic E-state index is 12.5. The van der Waals surface area contributed by atoms with Crippen LogP contribution >= 0.6 is 0 Å². The van der Waals surface area contributed by atoms with Crippen molar-refractivity contribution in [3.05, 3.63) is 29.3 Å². The van der Waals surface area contributed by atoms with Crippen LogP contribution in [0, 0.1) is 12.3 Å². The van der Waals surface area contributed by atoms with Crippen LogP contribution in [0.15, 0.2) is 18.2 Å². The highest BCUT2D eigenvalue weighted by Crippen LogP contribution is 2.20. The van der Waals surface area contributed by atoms with Crippen molar-refractivity contribution in [1.82, 2.24) is 9.80 Å².